The molecule has 0 amide bonds. The number of nitrogens with two attached hydrogens (primary N) is 1. The van der Waals surface area contributed by atoms with Crippen LogP contribution in [-0.2, 0) is 20.0 Å². The second-order valence-electron chi connectivity index (χ2n) is 4.48. The van der Waals surface area contributed by atoms with Crippen molar-refractivity contribution in [1.29, 1.82) is 0 Å². The van der Waals surface area contributed by atoms with E-state index < -0.39 is 5.82 Å². The Morgan fingerprint density at radius 1 is 1.40 bits per heavy atom. The third kappa shape index (κ3) is 2.09. The van der Waals surface area contributed by atoms with Gasteiger partial charge in [-0.1, -0.05) is 11.6 Å². The van der Waals surface area contributed by atoms with Crippen molar-refractivity contribution in [3.05, 3.63) is 35.1 Å². The van der Waals surface area contributed by atoms with Crippen LogP contribution in [0.15, 0.2) is 18.5 Å². The van der Waals surface area contributed by atoms with Crippen molar-refractivity contribution in [2.24, 2.45) is 7.05 Å². The van der Waals surface area contributed by atoms with Gasteiger partial charge in [-0.05, 0) is 6.07 Å². The van der Waals surface area contributed by atoms with E-state index in [1.54, 1.807) is 10.9 Å². The summed E-state index contributed by atoms with van der Waals surface area (Å²) < 4.78 is 17.0. The van der Waals surface area contributed by atoms with Crippen LogP contribution in [0.2, 0.25) is 5.02 Å². The highest BCUT2D eigenvalue weighted by atomic mass is 35.5. The minimum absolute atomic E-state index is 0.0531. The predicted octanol–water partition coefficient (Wildman–Crippen LogP) is 1.78. The zero-order valence-electron chi connectivity index (χ0n) is 10.7. The first-order chi connectivity index (χ1) is 9.56. The zero-order chi connectivity index (χ0) is 14.3. The first-order valence-corrected chi connectivity index (χ1v) is 6.37. The molecule has 0 fully saturated rings. The first-order valence-electron chi connectivity index (χ1n) is 6.00. The number of imidazole rings is 1. The highest BCUT2D eigenvalue weighted by Crippen LogP contribution is 2.24. The summed E-state index contributed by atoms with van der Waals surface area (Å²) in [6.07, 6.45) is 2.28. The third-order valence-corrected chi connectivity index (χ3v) is 3.47. The standard InChI is InChI=1S/C12H12ClFN6/c1-19-6-16-18-11(19)2-3-20-10-4-7(13)8(14)5-9(10)17-12(20)15/h4-6H,2-3H2,1H3,(H2,15,17). The average molecular weight is 295 g/mol. The molecule has 0 saturated heterocycles. The number of rotatable bonds is 3. The number of aromatic nitrogens is 5. The van der Waals surface area contributed by atoms with E-state index in [0.717, 1.165) is 5.82 Å². The largest absolute Gasteiger partial charge is 0.369 e. The van der Waals surface area contributed by atoms with Crippen LogP contribution >= 0.6 is 11.6 Å². The van der Waals surface area contributed by atoms with Crippen LogP contribution < -0.4 is 5.73 Å². The highest BCUT2D eigenvalue weighted by molar-refractivity contribution is 6.31. The van der Waals surface area contributed by atoms with Crippen molar-refractivity contribution in [2.75, 3.05) is 5.73 Å². The van der Waals surface area contributed by atoms with Gasteiger partial charge in [0.2, 0.25) is 5.95 Å². The molecule has 0 radical (unpaired) electrons. The quantitative estimate of drug-likeness (QED) is 0.799. The van der Waals surface area contributed by atoms with Crippen LogP contribution in [0.1, 0.15) is 5.82 Å². The summed E-state index contributed by atoms with van der Waals surface area (Å²) in [5, 5.41) is 7.88. The molecule has 2 N–H and O–H groups in total. The van der Waals surface area contributed by atoms with Crippen molar-refractivity contribution in [3.8, 4) is 0 Å². The molecule has 0 spiro atoms. The van der Waals surface area contributed by atoms with Crippen molar-refractivity contribution >= 4 is 28.6 Å². The number of benzene rings is 1. The van der Waals surface area contributed by atoms with E-state index in [-0.39, 0.29) is 5.02 Å². The molecule has 0 aliphatic rings. The summed E-state index contributed by atoms with van der Waals surface area (Å²) in [5.74, 6) is 0.653. The summed E-state index contributed by atoms with van der Waals surface area (Å²) in [5.41, 5.74) is 7.07. The number of hydrogen-bond acceptors (Lipinski definition) is 4. The lowest BCUT2D eigenvalue weighted by Gasteiger charge is -2.06. The summed E-state index contributed by atoms with van der Waals surface area (Å²) in [6.45, 7) is 0.566. The number of nitrogens with zero attached hydrogens (tertiary/aromatic N) is 5. The van der Waals surface area contributed by atoms with Gasteiger partial charge < -0.3 is 14.9 Å². The molecular formula is C12H12ClFN6. The van der Waals surface area contributed by atoms with Crippen molar-refractivity contribution < 1.29 is 4.39 Å². The van der Waals surface area contributed by atoms with Gasteiger partial charge in [-0.15, -0.1) is 10.2 Å². The molecule has 0 unspecified atom stereocenters. The Hall–Kier alpha value is -2.15. The number of hydrogen-bond donors (Lipinski definition) is 1. The lowest BCUT2D eigenvalue weighted by molar-refractivity contribution is 0.629. The molecule has 3 aromatic rings. The maximum absolute atomic E-state index is 13.4. The highest BCUT2D eigenvalue weighted by Gasteiger charge is 2.12. The van der Waals surface area contributed by atoms with E-state index in [0.29, 0.717) is 29.9 Å². The molecule has 0 saturated carbocycles. The maximum Gasteiger partial charge on any atom is 0.201 e. The smallest absolute Gasteiger partial charge is 0.201 e. The topological polar surface area (TPSA) is 74.5 Å². The van der Waals surface area contributed by atoms with Crippen molar-refractivity contribution in [1.82, 2.24) is 24.3 Å². The van der Waals surface area contributed by atoms with E-state index in [9.17, 15) is 4.39 Å². The van der Waals surface area contributed by atoms with Gasteiger partial charge in [0.25, 0.3) is 0 Å². The monoisotopic (exact) mass is 294 g/mol. The molecule has 6 nitrogen and oxygen atoms in total. The predicted molar refractivity (Wildman–Crippen MR) is 73.8 cm³/mol. The van der Waals surface area contributed by atoms with E-state index in [1.165, 1.54) is 12.1 Å². The van der Waals surface area contributed by atoms with Gasteiger partial charge in [0.15, 0.2) is 0 Å². The van der Waals surface area contributed by atoms with Gasteiger partial charge in [-0.3, -0.25) is 0 Å². The molecular weight excluding hydrogens is 283 g/mol. The molecule has 8 heteroatoms. The SMILES string of the molecule is Cn1cnnc1CCn1c(N)nc2cc(F)c(Cl)cc21. The Morgan fingerprint density at radius 3 is 2.90 bits per heavy atom. The molecule has 1 aromatic carbocycles. The normalized spacial score (nSPS) is 11.3. The second-order valence-corrected chi connectivity index (χ2v) is 4.89. The summed E-state index contributed by atoms with van der Waals surface area (Å²) in [6, 6.07) is 2.82. The molecule has 0 aliphatic heterocycles. The van der Waals surface area contributed by atoms with Gasteiger partial charge in [0.05, 0.1) is 16.1 Å². The van der Waals surface area contributed by atoms with Gasteiger partial charge in [0, 0.05) is 26.1 Å². The van der Waals surface area contributed by atoms with Gasteiger partial charge in [-0.2, -0.15) is 0 Å². The lowest BCUT2D eigenvalue weighted by Crippen LogP contribution is -2.08. The summed E-state index contributed by atoms with van der Waals surface area (Å²) in [7, 11) is 1.87. The van der Waals surface area contributed by atoms with Crippen LogP contribution in [0, 0.1) is 5.82 Å². The molecule has 20 heavy (non-hydrogen) atoms. The van der Waals surface area contributed by atoms with E-state index >= 15 is 0 Å². The van der Waals surface area contributed by atoms with Gasteiger partial charge in [-0.25, -0.2) is 9.37 Å². The van der Waals surface area contributed by atoms with Crippen LogP contribution in [0.5, 0.6) is 0 Å². The number of halogens is 2. The van der Waals surface area contributed by atoms with Gasteiger partial charge in [0.1, 0.15) is 18.0 Å². The molecule has 0 atom stereocenters. The first kappa shape index (κ1) is 12.9. The average Bonchev–Trinajstić information content (AvgIpc) is 2.92. The lowest BCUT2D eigenvalue weighted by atomic mass is 10.3. The van der Waals surface area contributed by atoms with Crippen LogP contribution in [0.4, 0.5) is 10.3 Å². The Balaban J connectivity index is 1.97. The maximum atomic E-state index is 13.4. The molecule has 2 heterocycles. The zero-order valence-corrected chi connectivity index (χ0v) is 11.5. The Labute approximate surface area is 119 Å². The van der Waals surface area contributed by atoms with Gasteiger partial charge >= 0.3 is 0 Å². The fourth-order valence-corrected chi connectivity index (χ4v) is 2.28. The van der Waals surface area contributed by atoms with Crippen LogP contribution in [0.3, 0.4) is 0 Å². The van der Waals surface area contributed by atoms with E-state index in [4.69, 9.17) is 17.3 Å². The molecule has 0 aliphatic carbocycles. The number of aryl methyl sites for hydroxylation is 3. The number of anilines is 1. The Bertz CT molecular complexity index is 778. The molecule has 104 valence electrons. The summed E-state index contributed by atoms with van der Waals surface area (Å²) in [4.78, 5) is 4.14. The van der Waals surface area contributed by atoms with Crippen LogP contribution in [-0.4, -0.2) is 24.3 Å². The fraction of sp³-hybridized carbons (Fsp3) is 0.250. The van der Waals surface area contributed by atoms with E-state index in [2.05, 4.69) is 15.2 Å². The van der Waals surface area contributed by atoms with E-state index in [1.807, 2.05) is 11.6 Å². The minimum atomic E-state index is -0.503. The van der Waals surface area contributed by atoms with Crippen LogP contribution in [0.25, 0.3) is 11.0 Å². The Kier molecular flexibility index (Phi) is 3.06. The van der Waals surface area contributed by atoms with Crippen molar-refractivity contribution in [3.63, 3.8) is 0 Å². The number of fused-ring (bicyclic) bond motifs is 1. The molecule has 2 aromatic heterocycles. The third-order valence-electron chi connectivity index (χ3n) is 3.18. The second kappa shape index (κ2) is 4.75. The molecule has 3 rings (SSSR count). The fourth-order valence-electron chi connectivity index (χ4n) is 2.12. The Morgan fingerprint density at radius 2 is 2.20 bits per heavy atom. The van der Waals surface area contributed by atoms with Crippen molar-refractivity contribution in [2.45, 2.75) is 13.0 Å². The molecule has 0 bridgehead atoms. The minimum Gasteiger partial charge on any atom is -0.369 e. The summed E-state index contributed by atoms with van der Waals surface area (Å²) >= 11 is 5.81. The number of nitrogen functional groups attached to an aromatic ring is 1.